The molecule has 0 unspecified atom stereocenters. The maximum atomic E-state index is 12.8. The van der Waals surface area contributed by atoms with Gasteiger partial charge in [0.1, 0.15) is 0 Å². The summed E-state index contributed by atoms with van der Waals surface area (Å²) in [5.74, 6) is -0.488. The van der Waals surface area contributed by atoms with E-state index in [1.54, 1.807) is 11.8 Å². The molecule has 0 spiro atoms. The van der Waals surface area contributed by atoms with E-state index in [2.05, 4.69) is 25.9 Å². The highest BCUT2D eigenvalue weighted by Gasteiger charge is 2.43. The Bertz CT molecular complexity index is 655. The number of carboxylic acids is 1. The molecule has 1 amide bonds. The van der Waals surface area contributed by atoms with Crippen LogP contribution >= 0.6 is 0 Å². The lowest BCUT2D eigenvalue weighted by Gasteiger charge is -2.22. The summed E-state index contributed by atoms with van der Waals surface area (Å²) in [4.78, 5) is 25.7. The summed E-state index contributed by atoms with van der Waals surface area (Å²) in [6.07, 6.45) is 2.79. The number of likely N-dealkylation sites (tertiary alicyclic amines) is 1. The highest BCUT2D eigenvalue weighted by Crippen LogP contribution is 2.42. The molecule has 1 saturated carbocycles. The number of rotatable bonds is 3. The van der Waals surface area contributed by atoms with Crippen molar-refractivity contribution in [2.75, 3.05) is 13.1 Å². The second-order valence-corrected chi connectivity index (χ2v) is 8.15. The van der Waals surface area contributed by atoms with E-state index in [9.17, 15) is 14.7 Å². The van der Waals surface area contributed by atoms with Gasteiger partial charge in [0.05, 0.1) is 11.0 Å². The van der Waals surface area contributed by atoms with Gasteiger partial charge in [-0.1, -0.05) is 0 Å². The number of hydrogen-bond acceptors (Lipinski definition) is 3. The first kappa shape index (κ1) is 16.0. The fourth-order valence-corrected chi connectivity index (χ4v) is 3.18. The van der Waals surface area contributed by atoms with Gasteiger partial charge >= 0.3 is 5.97 Å². The van der Waals surface area contributed by atoms with Gasteiger partial charge in [0.15, 0.2) is 5.69 Å². The average Bonchev–Trinajstić information content (AvgIpc) is 3.05. The first-order chi connectivity index (χ1) is 10.6. The molecule has 6 nitrogen and oxygen atoms in total. The Hall–Kier alpha value is -1.85. The van der Waals surface area contributed by atoms with Crippen LogP contribution in [0.5, 0.6) is 0 Å². The standard InChI is InChI=1S/C17H25N3O3/c1-16(2,3)20-13(11-5-6-11)9-12(18-20)14(21)19-8-7-17(4,10-19)15(22)23/h9,11H,5-8,10H2,1-4H3,(H,22,23)/t17-/m1/s1. The van der Waals surface area contributed by atoms with E-state index < -0.39 is 11.4 Å². The molecular formula is C17H25N3O3. The van der Waals surface area contributed by atoms with Gasteiger partial charge in [0.2, 0.25) is 0 Å². The number of nitrogens with zero attached hydrogens (tertiary/aromatic N) is 3. The summed E-state index contributed by atoms with van der Waals surface area (Å²) in [5.41, 5.74) is 0.552. The molecule has 0 bridgehead atoms. The average molecular weight is 319 g/mol. The van der Waals surface area contributed by atoms with Crippen LogP contribution in [0.15, 0.2) is 6.07 Å². The van der Waals surface area contributed by atoms with Gasteiger partial charge in [-0.3, -0.25) is 14.3 Å². The molecule has 2 fully saturated rings. The smallest absolute Gasteiger partial charge is 0.311 e. The third-order valence-corrected chi connectivity index (χ3v) is 4.86. The predicted molar refractivity (Wildman–Crippen MR) is 85.5 cm³/mol. The van der Waals surface area contributed by atoms with Gasteiger partial charge in [-0.05, 0) is 53.0 Å². The van der Waals surface area contributed by atoms with Gasteiger partial charge < -0.3 is 10.0 Å². The van der Waals surface area contributed by atoms with Gasteiger partial charge in [-0.15, -0.1) is 0 Å². The fourth-order valence-electron chi connectivity index (χ4n) is 3.18. The monoisotopic (exact) mass is 319 g/mol. The Balaban J connectivity index is 1.85. The number of carbonyl (C=O) groups excluding carboxylic acids is 1. The molecule has 1 aliphatic carbocycles. The van der Waals surface area contributed by atoms with E-state index in [0.717, 1.165) is 18.5 Å². The molecule has 0 radical (unpaired) electrons. The molecule has 2 heterocycles. The van der Waals surface area contributed by atoms with Crippen LogP contribution in [0.25, 0.3) is 0 Å². The SMILES string of the molecule is CC(C)(C)n1nc(C(=O)N2CC[C@@](C)(C(=O)O)C2)cc1C1CC1. The predicted octanol–water partition coefficient (Wildman–Crippen LogP) is 2.45. The molecule has 1 aromatic heterocycles. The van der Waals surface area contributed by atoms with Gasteiger partial charge in [-0.25, -0.2) is 0 Å². The number of aliphatic carboxylic acids is 1. The summed E-state index contributed by atoms with van der Waals surface area (Å²) >= 11 is 0. The van der Waals surface area contributed by atoms with E-state index in [1.165, 1.54) is 0 Å². The van der Waals surface area contributed by atoms with Gasteiger partial charge in [0.25, 0.3) is 5.91 Å². The Morgan fingerprint density at radius 2 is 2.00 bits per heavy atom. The lowest BCUT2D eigenvalue weighted by atomic mass is 9.90. The zero-order valence-corrected chi connectivity index (χ0v) is 14.3. The van der Waals surface area contributed by atoms with Crippen molar-refractivity contribution >= 4 is 11.9 Å². The second-order valence-electron chi connectivity index (χ2n) is 8.15. The molecule has 1 saturated heterocycles. The van der Waals surface area contributed by atoms with Crippen molar-refractivity contribution in [3.8, 4) is 0 Å². The summed E-state index contributed by atoms with van der Waals surface area (Å²) in [5, 5.41) is 13.9. The van der Waals surface area contributed by atoms with E-state index in [-0.39, 0.29) is 18.0 Å². The van der Waals surface area contributed by atoms with Crippen LogP contribution in [-0.2, 0) is 10.3 Å². The maximum absolute atomic E-state index is 12.8. The molecule has 3 rings (SSSR count). The fraction of sp³-hybridized carbons (Fsp3) is 0.706. The molecule has 1 aromatic rings. The van der Waals surface area contributed by atoms with Crippen LogP contribution in [0.4, 0.5) is 0 Å². The van der Waals surface area contributed by atoms with Crippen LogP contribution in [0.1, 0.15) is 69.1 Å². The normalized spacial score (nSPS) is 25.0. The molecule has 1 aliphatic heterocycles. The number of hydrogen-bond donors (Lipinski definition) is 1. The molecule has 0 aromatic carbocycles. The Labute approximate surface area is 136 Å². The molecular weight excluding hydrogens is 294 g/mol. The largest absolute Gasteiger partial charge is 0.481 e. The minimum absolute atomic E-state index is 0.153. The molecule has 6 heteroatoms. The van der Waals surface area contributed by atoms with Crippen LogP contribution in [0.3, 0.4) is 0 Å². The molecule has 1 N–H and O–H groups in total. The Morgan fingerprint density at radius 1 is 1.35 bits per heavy atom. The Kier molecular flexibility index (Phi) is 3.54. The van der Waals surface area contributed by atoms with Crippen molar-refractivity contribution in [2.45, 2.75) is 58.4 Å². The summed E-state index contributed by atoms with van der Waals surface area (Å²) in [6.45, 7) is 8.67. The molecule has 23 heavy (non-hydrogen) atoms. The molecule has 2 aliphatic rings. The second kappa shape index (κ2) is 5.08. The summed E-state index contributed by atoms with van der Waals surface area (Å²) in [7, 11) is 0. The van der Waals surface area contributed by atoms with Crippen molar-refractivity contribution in [3.63, 3.8) is 0 Å². The minimum Gasteiger partial charge on any atom is -0.481 e. The summed E-state index contributed by atoms with van der Waals surface area (Å²) < 4.78 is 1.96. The van der Waals surface area contributed by atoms with Crippen molar-refractivity contribution in [3.05, 3.63) is 17.5 Å². The highest BCUT2D eigenvalue weighted by atomic mass is 16.4. The van der Waals surface area contributed by atoms with E-state index in [0.29, 0.717) is 24.6 Å². The minimum atomic E-state index is -0.846. The van der Waals surface area contributed by atoms with Crippen molar-refractivity contribution in [2.24, 2.45) is 5.41 Å². The highest BCUT2D eigenvalue weighted by molar-refractivity contribution is 5.93. The third-order valence-electron chi connectivity index (χ3n) is 4.86. The number of carbonyl (C=O) groups is 2. The third kappa shape index (κ3) is 2.86. The molecule has 1 atom stereocenters. The lowest BCUT2D eigenvalue weighted by molar-refractivity contribution is -0.147. The lowest BCUT2D eigenvalue weighted by Crippen LogP contribution is -2.35. The zero-order valence-electron chi connectivity index (χ0n) is 14.3. The molecule has 126 valence electrons. The maximum Gasteiger partial charge on any atom is 0.311 e. The van der Waals surface area contributed by atoms with E-state index in [1.807, 2.05) is 10.7 Å². The number of amides is 1. The van der Waals surface area contributed by atoms with Crippen molar-refractivity contribution < 1.29 is 14.7 Å². The first-order valence-electron chi connectivity index (χ1n) is 8.25. The van der Waals surface area contributed by atoms with Gasteiger partial charge in [0, 0.05) is 24.7 Å². The van der Waals surface area contributed by atoms with Crippen molar-refractivity contribution in [1.82, 2.24) is 14.7 Å². The van der Waals surface area contributed by atoms with Gasteiger partial charge in [-0.2, -0.15) is 5.10 Å². The zero-order chi connectivity index (χ0) is 17.0. The van der Waals surface area contributed by atoms with Crippen LogP contribution < -0.4 is 0 Å². The van der Waals surface area contributed by atoms with Crippen molar-refractivity contribution in [1.29, 1.82) is 0 Å². The van der Waals surface area contributed by atoms with Crippen LogP contribution in [0.2, 0.25) is 0 Å². The number of aromatic nitrogens is 2. The first-order valence-corrected chi connectivity index (χ1v) is 8.25. The van der Waals surface area contributed by atoms with E-state index >= 15 is 0 Å². The van der Waals surface area contributed by atoms with Crippen LogP contribution in [-0.4, -0.2) is 44.8 Å². The van der Waals surface area contributed by atoms with Crippen LogP contribution in [0, 0.1) is 5.41 Å². The summed E-state index contributed by atoms with van der Waals surface area (Å²) in [6, 6.07) is 1.90. The Morgan fingerprint density at radius 3 is 2.48 bits per heavy atom. The topological polar surface area (TPSA) is 75.4 Å². The van der Waals surface area contributed by atoms with E-state index in [4.69, 9.17) is 0 Å². The quantitative estimate of drug-likeness (QED) is 0.928. The number of carboxylic acid groups (broad SMARTS) is 1.